The Balaban J connectivity index is 1.65. The average molecular weight is 465 g/mol. The summed E-state index contributed by atoms with van der Waals surface area (Å²) < 4.78 is 11.2. The zero-order chi connectivity index (χ0) is 24.2. The molecule has 0 bridgehead atoms. The summed E-state index contributed by atoms with van der Waals surface area (Å²) in [5, 5.41) is 13.4. The maximum absolute atomic E-state index is 12.7. The molecule has 2 heterocycles. The van der Waals surface area contributed by atoms with E-state index in [-0.39, 0.29) is 23.7 Å². The molecule has 0 spiro atoms. The number of hydrogen-bond acceptors (Lipinski definition) is 6. The number of esters is 1. The van der Waals surface area contributed by atoms with Crippen LogP contribution in [0.4, 0.5) is 0 Å². The van der Waals surface area contributed by atoms with Crippen LogP contribution in [0.2, 0.25) is 0 Å². The lowest BCUT2D eigenvalue weighted by Gasteiger charge is -2.59. The number of rotatable bonds is 7. The van der Waals surface area contributed by atoms with Crippen LogP contribution in [0, 0.1) is 0 Å². The monoisotopic (exact) mass is 464 g/mol. The molecule has 2 N–H and O–H groups in total. The normalized spacial score (nSPS) is 27.1. The van der Waals surface area contributed by atoms with Crippen LogP contribution in [-0.4, -0.2) is 53.2 Å². The van der Waals surface area contributed by atoms with E-state index >= 15 is 0 Å². The van der Waals surface area contributed by atoms with Crippen molar-refractivity contribution in [3.8, 4) is 5.75 Å². The molecule has 1 aliphatic heterocycles. The molecule has 34 heavy (non-hydrogen) atoms. The first-order chi connectivity index (χ1) is 16.4. The number of ether oxygens (including phenoxy) is 1. The van der Waals surface area contributed by atoms with Gasteiger partial charge < -0.3 is 19.6 Å². The van der Waals surface area contributed by atoms with Gasteiger partial charge in [0.05, 0.1) is 12.5 Å². The fourth-order valence-corrected chi connectivity index (χ4v) is 5.74. The number of benzene rings is 1. The van der Waals surface area contributed by atoms with Crippen molar-refractivity contribution in [1.29, 1.82) is 0 Å². The summed E-state index contributed by atoms with van der Waals surface area (Å²) in [6.07, 6.45) is 10.8. The Morgan fingerprint density at radius 1 is 1.35 bits per heavy atom. The van der Waals surface area contributed by atoms with Crippen molar-refractivity contribution in [3.05, 3.63) is 72.7 Å². The van der Waals surface area contributed by atoms with Gasteiger partial charge in [-0.3, -0.25) is 14.5 Å². The fourth-order valence-electron chi connectivity index (χ4n) is 5.74. The number of furan rings is 1. The van der Waals surface area contributed by atoms with Crippen LogP contribution >= 0.6 is 0 Å². The van der Waals surface area contributed by atoms with Gasteiger partial charge in [0.1, 0.15) is 11.4 Å². The number of phenolic OH excluding ortho intramolecular Hbond substituents is 1. The highest BCUT2D eigenvalue weighted by molar-refractivity contribution is 5.91. The number of carbonyl (C=O) groups is 2. The minimum absolute atomic E-state index is 0.0986. The van der Waals surface area contributed by atoms with Gasteiger partial charge in [-0.25, -0.2) is 0 Å². The Labute approximate surface area is 200 Å². The van der Waals surface area contributed by atoms with Crippen LogP contribution < -0.4 is 5.32 Å². The molecule has 1 aromatic heterocycles. The molecule has 1 aliphatic carbocycles. The van der Waals surface area contributed by atoms with Crippen LogP contribution in [0.1, 0.15) is 43.7 Å². The maximum Gasteiger partial charge on any atom is 0.303 e. The molecule has 2 fully saturated rings. The van der Waals surface area contributed by atoms with Crippen LogP contribution in [0.5, 0.6) is 5.75 Å². The van der Waals surface area contributed by atoms with E-state index in [2.05, 4.69) is 16.8 Å². The second kappa shape index (κ2) is 9.89. The predicted octanol–water partition coefficient (Wildman–Crippen LogP) is 3.80. The number of likely N-dealkylation sites (tertiary alicyclic amines) is 1. The number of nitrogens with one attached hydrogen (secondary N) is 1. The first kappa shape index (κ1) is 23.8. The van der Waals surface area contributed by atoms with Crippen molar-refractivity contribution in [3.63, 3.8) is 0 Å². The Bertz CT molecular complexity index is 1060. The number of fused-ring (bicyclic) bond motifs is 1. The minimum Gasteiger partial charge on any atom is -0.508 e. The maximum atomic E-state index is 12.7. The van der Waals surface area contributed by atoms with Crippen LogP contribution in [0.3, 0.4) is 0 Å². The highest BCUT2D eigenvalue weighted by Crippen LogP contribution is 2.54. The molecule has 1 aromatic carbocycles. The van der Waals surface area contributed by atoms with E-state index in [0.29, 0.717) is 32.4 Å². The topological polar surface area (TPSA) is 92.0 Å². The quantitative estimate of drug-likeness (QED) is 0.368. The third-order valence-corrected chi connectivity index (χ3v) is 7.14. The molecule has 2 aromatic rings. The molecule has 3 atom stereocenters. The van der Waals surface area contributed by atoms with Crippen molar-refractivity contribution >= 4 is 18.0 Å². The van der Waals surface area contributed by atoms with Gasteiger partial charge in [0.2, 0.25) is 5.91 Å². The summed E-state index contributed by atoms with van der Waals surface area (Å²) in [6.45, 7) is 7.40. The highest BCUT2D eigenvalue weighted by Gasteiger charge is 2.60. The van der Waals surface area contributed by atoms with E-state index in [1.807, 2.05) is 18.2 Å². The SMILES string of the molecule is C=CCN1CC[C@@]2(c3cccc(O)c3)C[C@@H](NC(=O)/C=C/c3ccoc3)CC[C@]2(OC(C)=O)C1. The van der Waals surface area contributed by atoms with Gasteiger partial charge in [0, 0.05) is 43.1 Å². The molecule has 7 nitrogen and oxygen atoms in total. The lowest BCUT2D eigenvalue weighted by atomic mass is 9.55. The molecular weight excluding hydrogens is 432 g/mol. The van der Waals surface area contributed by atoms with E-state index in [9.17, 15) is 14.7 Å². The van der Waals surface area contributed by atoms with Crippen LogP contribution in [0.15, 0.2) is 66.0 Å². The predicted molar refractivity (Wildman–Crippen MR) is 129 cm³/mol. The minimum atomic E-state index is -0.762. The summed E-state index contributed by atoms with van der Waals surface area (Å²) in [5.41, 5.74) is 0.444. The number of piperidine rings is 1. The highest BCUT2D eigenvalue weighted by atomic mass is 16.6. The van der Waals surface area contributed by atoms with E-state index in [1.54, 1.807) is 36.8 Å². The molecule has 1 saturated heterocycles. The molecule has 4 rings (SSSR count). The Kier molecular flexibility index (Phi) is 6.93. The summed E-state index contributed by atoms with van der Waals surface area (Å²) in [4.78, 5) is 27.3. The van der Waals surface area contributed by atoms with Gasteiger partial charge >= 0.3 is 5.97 Å². The lowest BCUT2D eigenvalue weighted by molar-refractivity contribution is -0.186. The number of hydrogen-bond donors (Lipinski definition) is 2. The van der Waals surface area contributed by atoms with Gasteiger partial charge in [-0.2, -0.15) is 0 Å². The molecule has 2 aliphatic rings. The molecule has 1 amide bonds. The largest absolute Gasteiger partial charge is 0.508 e. The third-order valence-electron chi connectivity index (χ3n) is 7.14. The number of carbonyl (C=O) groups excluding carboxylic acids is 2. The second-order valence-corrected chi connectivity index (χ2v) is 9.33. The van der Waals surface area contributed by atoms with Crippen molar-refractivity contribution in [2.45, 2.75) is 49.7 Å². The summed E-state index contributed by atoms with van der Waals surface area (Å²) >= 11 is 0. The van der Waals surface area contributed by atoms with E-state index in [1.165, 1.54) is 13.0 Å². The van der Waals surface area contributed by atoms with Crippen molar-refractivity contribution < 1.29 is 23.8 Å². The van der Waals surface area contributed by atoms with Crippen LogP contribution in [0.25, 0.3) is 6.08 Å². The second-order valence-electron chi connectivity index (χ2n) is 9.33. The molecule has 1 saturated carbocycles. The van der Waals surface area contributed by atoms with Gasteiger partial charge in [-0.1, -0.05) is 18.2 Å². The zero-order valence-corrected chi connectivity index (χ0v) is 19.5. The third kappa shape index (κ3) is 4.80. The molecule has 0 unspecified atom stereocenters. The Morgan fingerprint density at radius 2 is 2.21 bits per heavy atom. The first-order valence-corrected chi connectivity index (χ1v) is 11.7. The van der Waals surface area contributed by atoms with Crippen molar-refractivity contribution in [1.82, 2.24) is 10.2 Å². The Hall–Kier alpha value is -3.32. The molecular formula is C27H32N2O5. The first-order valence-electron chi connectivity index (χ1n) is 11.7. The van der Waals surface area contributed by atoms with Gasteiger partial charge in [0.15, 0.2) is 0 Å². The molecule has 0 radical (unpaired) electrons. The lowest BCUT2D eigenvalue weighted by Crippen LogP contribution is -2.68. The van der Waals surface area contributed by atoms with Gasteiger partial charge in [0.25, 0.3) is 0 Å². The molecule has 7 heteroatoms. The zero-order valence-electron chi connectivity index (χ0n) is 19.5. The van der Waals surface area contributed by atoms with Gasteiger partial charge in [-0.05, 0) is 62.1 Å². The number of phenols is 1. The van der Waals surface area contributed by atoms with Gasteiger partial charge in [-0.15, -0.1) is 6.58 Å². The summed E-state index contributed by atoms with van der Waals surface area (Å²) in [6, 6.07) is 8.91. The van der Waals surface area contributed by atoms with Crippen molar-refractivity contribution in [2.75, 3.05) is 19.6 Å². The fraction of sp³-hybridized carbons (Fsp3) is 0.407. The van der Waals surface area contributed by atoms with E-state index in [4.69, 9.17) is 9.15 Å². The Morgan fingerprint density at radius 3 is 2.91 bits per heavy atom. The number of nitrogens with zero attached hydrogens (tertiary/aromatic N) is 1. The summed E-state index contributed by atoms with van der Waals surface area (Å²) in [5.74, 6) is -0.330. The standard InChI is InChI=1S/C27H32N2O5/c1-3-13-29-14-12-26(22-5-4-6-24(31)16-22)17-23(9-11-27(26,19-29)34-20(2)30)28-25(32)8-7-21-10-15-33-18-21/h3-8,10,15-16,18,23,31H,1,9,11-14,17,19H2,2H3,(H,28,32)/b8-7+/t23-,26-,27-/m0/s1. The number of amides is 1. The molecule has 180 valence electrons. The van der Waals surface area contributed by atoms with E-state index in [0.717, 1.165) is 24.1 Å². The van der Waals surface area contributed by atoms with E-state index < -0.39 is 11.0 Å². The average Bonchev–Trinajstić information content (AvgIpc) is 3.31. The smallest absolute Gasteiger partial charge is 0.303 e. The van der Waals surface area contributed by atoms with Crippen LogP contribution in [-0.2, 0) is 19.7 Å². The number of aromatic hydroxyl groups is 1. The summed E-state index contributed by atoms with van der Waals surface area (Å²) in [7, 11) is 0. The van der Waals surface area contributed by atoms with Crippen molar-refractivity contribution in [2.24, 2.45) is 0 Å².